The Balaban J connectivity index is 2.29. The highest BCUT2D eigenvalue weighted by Gasteiger charge is 2.55. The van der Waals surface area contributed by atoms with Crippen molar-refractivity contribution in [2.24, 2.45) is 17.8 Å². The number of rotatable bonds is 3. The Kier molecular flexibility index (Phi) is 4.97. The van der Waals surface area contributed by atoms with Crippen molar-refractivity contribution in [3.05, 3.63) is 0 Å². The van der Waals surface area contributed by atoms with Gasteiger partial charge in [0.1, 0.15) is 8.24 Å². The summed E-state index contributed by atoms with van der Waals surface area (Å²) in [5.41, 5.74) is 1.17. The molecule has 21 heavy (non-hydrogen) atoms. The summed E-state index contributed by atoms with van der Waals surface area (Å²) in [5, 5.41) is 0. The summed E-state index contributed by atoms with van der Waals surface area (Å²) < 4.78 is 0. The van der Waals surface area contributed by atoms with Crippen LogP contribution in [0.4, 0.5) is 0 Å². The molecule has 5 atom stereocenters. The first-order valence-electron chi connectivity index (χ1n) is 9.00. The Labute approximate surface area is 134 Å². The van der Waals surface area contributed by atoms with Crippen molar-refractivity contribution >= 4 is 8.24 Å². The van der Waals surface area contributed by atoms with Crippen LogP contribution in [0.2, 0.25) is 18.6 Å². The lowest BCUT2D eigenvalue weighted by Gasteiger charge is -2.43. The monoisotopic (exact) mass is 310 g/mol. The van der Waals surface area contributed by atoms with Crippen LogP contribution < -0.4 is 4.98 Å². The van der Waals surface area contributed by atoms with E-state index in [0.717, 1.165) is 29.3 Å². The number of hydrogen-bond acceptors (Lipinski definition) is 2. The molecular formula is C18H38N2Si. The zero-order valence-corrected chi connectivity index (χ0v) is 16.7. The molecule has 0 spiro atoms. The maximum absolute atomic E-state index is 4.08. The molecule has 2 aliphatic carbocycles. The quantitative estimate of drug-likeness (QED) is 0.780. The second-order valence-corrected chi connectivity index (χ2v) is 13.9. The summed E-state index contributed by atoms with van der Waals surface area (Å²) in [7, 11) is 3.17. The molecule has 3 heteroatoms. The lowest BCUT2D eigenvalue weighted by Crippen LogP contribution is -2.59. The molecule has 2 saturated carbocycles. The van der Waals surface area contributed by atoms with Crippen LogP contribution in [0.1, 0.15) is 53.4 Å². The van der Waals surface area contributed by atoms with Gasteiger partial charge in [0.15, 0.2) is 0 Å². The Morgan fingerprint density at radius 3 is 2.00 bits per heavy atom. The van der Waals surface area contributed by atoms with Gasteiger partial charge >= 0.3 is 0 Å². The van der Waals surface area contributed by atoms with Crippen molar-refractivity contribution in [2.45, 2.75) is 83.6 Å². The summed E-state index contributed by atoms with van der Waals surface area (Å²) in [6, 6.07) is 0.800. The first-order valence-corrected chi connectivity index (χ1v) is 12.1. The second kappa shape index (κ2) is 5.97. The fourth-order valence-corrected chi connectivity index (χ4v) is 11.2. The van der Waals surface area contributed by atoms with Gasteiger partial charge in [-0.3, -0.25) is 0 Å². The first kappa shape index (κ1) is 17.5. The fraction of sp³-hybridized carbons (Fsp3) is 1.00. The second-order valence-electron chi connectivity index (χ2n) is 9.55. The van der Waals surface area contributed by atoms with Crippen molar-refractivity contribution in [1.29, 1.82) is 0 Å². The third-order valence-electron chi connectivity index (χ3n) is 6.01. The number of hydrogen-bond donors (Lipinski definition) is 1. The Bertz CT molecular complexity index is 359. The SMILES string of the molecule is CC1C(N(C)C)C2CCCCC2C1[Si](C)(C)NC(C)(C)C. The zero-order chi connectivity index (χ0) is 16.0. The van der Waals surface area contributed by atoms with Gasteiger partial charge in [-0.15, -0.1) is 0 Å². The Morgan fingerprint density at radius 1 is 1.00 bits per heavy atom. The van der Waals surface area contributed by atoms with Crippen LogP contribution in [-0.4, -0.2) is 38.8 Å². The van der Waals surface area contributed by atoms with E-state index in [2.05, 4.69) is 64.8 Å². The van der Waals surface area contributed by atoms with Gasteiger partial charge in [-0.25, -0.2) is 0 Å². The zero-order valence-electron chi connectivity index (χ0n) is 15.7. The summed E-state index contributed by atoms with van der Waals surface area (Å²) in [5.74, 6) is 2.75. The maximum atomic E-state index is 4.08. The van der Waals surface area contributed by atoms with E-state index < -0.39 is 8.24 Å². The molecule has 0 aromatic heterocycles. The molecule has 5 unspecified atom stereocenters. The first-order chi connectivity index (χ1) is 9.54. The number of fused-ring (bicyclic) bond motifs is 1. The van der Waals surface area contributed by atoms with Crippen LogP contribution in [0.3, 0.4) is 0 Å². The highest BCUT2D eigenvalue weighted by molar-refractivity contribution is 6.76. The average Bonchev–Trinajstić information content (AvgIpc) is 2.57. The number of nitrogens with one attached hydrogen (secondary N) is 1. The van der Waals surface area contributed by atoms with Gasteiger partial charge in [-0.1, -0.05) is 39.3 Å². The van der Waals surface area contributed by atoms with Gasteiger partial charge in [0, 0.05) is 11.6 Å². The predicted molar refractivity (Wildman–Crippen MR) is 96.2 cm³/mol. The van der Waals surface area contributed by atoms with Crippen molar-refractivity contribution in [3.63, 3.8) is 0 Å². The molecule has 1 N–H and O–H groups in total. The van der Waals surface area contributed by atoms with E-state index in [1.54, 1.807) is 0 Å². The lowest BCUT2D eigenvalue weighted by atomic mass is 9.80. The van der Waals surface area contributed by atoms with Gasteiger partial charge in [0.05, 0.1) is 0 Å². The molecule has 0 aromatic rings. The standard InChI is InChI=1S/C18H38N2Si/c1-13-16(20(5)6)14-11-9-10-12-15(14)17(13)21(7,8)19-18(2,3)4/h13-17,19H,9-12H2,1-8H3. The molecule has 2 fully saturated rings. The molecule has 0 heterocycles. The van der Waals surface area contributed by atoms with Gasteiger partial charge in [-0.2, -0.15) is 0 Å². The van der Waals surface area contributed by atoms with Gasteiger partial charge < -0.3 is 9.88 Å². The van der Waals surface area contributed by atoms with Crippen LogP contribution in [0.25, 0.3) is 0 Å². The Hall–Kier alpha value is 0.137. The van der Waals surface area contributed by atoms with Crippen LogP contribution >= 0.6 is 0 Å². The van der Waals surface area contributed by atoms with Crippen LogP contribution in [0.5, 0.6) is 0 Å². The van der Waals surface area contributed by atoms with E-state index >= 15 is 0 Å². The molecule has 0 saturated heterocycles. The van der Waals surface area contributed by atoms with E-state index in [1.165, 1.54) is 25.7 Å². The summed E-state index contributed by atoms with van der Waals surface area (Å²) >= 11 is 0. The fourth-order valence-electron chi connectivity index (χ4n) is 6.15. The Morgan fingerprint density at radius 2 is 1.52 bits per heavy atom. The largest absolute Gasteiger partial charge is 0.332 e. The predicted octanol–water partition coefficient (Wildman–Crippen LogP) is 4.34. The summed E-state index contributed by atoms with van der Waals surface area (Å²) in [4.78, 5) is 6.62. The third kappa shape index (κ3) is 3.56. The summed E-state index contributed by atoms with van der Waals surface area (Å²) in [6.45, 7) is 14.7. The minimum Gasteiger partial charge on any atom is -0.332 e. The smallest absolute Gasteiger partial charge is 0.123 e. The molecule has 2 rings (SSSR count). The van der Waals surface area contributed by atoms with E-state index in [-0.39, 0.29) is 5.54 Å². The topological polar surface area (TPSA) is 15.3 Å². The highest BCUT2D eigenvalue weighted by atomic mass is 28.3. The minimum absolute atomic E-state index is 0.246. The van der Waals surface area contributed by atoms with Gasteiger partial charge in [-0.05, 0) is 64.6 Å². The molecule has 124 valence electrons. The molecule has 2 aliphatic rings. The molecular weight excluding hydrogens is 272 g/mol. The summed E-state index contributed by atoms with van der Waals surface area (Å²) in [6.07, 6.45) is 5.87. The molecule has 0 aromatic carbocycles. The molecule has 0 radical (unpaired) electrons. The molecule has 0 amide bonds. The van der Waals surface area contributed by atoms with Crippen molar-refractivity contribution in [2.75, 3.05) is 14.1 Å². The van der Waals surface area contributed by atoms with Crippen LogP contribution in [0.15, 0.2) is 0 Å². The molecule has 0 bridgehead atoms. The van der Waals surface area contributed by atoms with Gasteiger partial charge in [0.25, 0.3) is 0 Å². The van der Waals surface area contributed by atoms with Crippen LogP contribution in [-0.2, 0) is 0 Å². The van der Waals surface area contributed by atoms with E-state index in [9.17, 15) is 0 Å². The minimum atomic E-state index is -1.44. The number of nitrogens with zero attached hydrogens (tertiary/aromatic N) is 1. The lowest BCUT2D eigenvalue weighted by molar-refractivity contribution is 0.156. The molecule has 2 nitrogen and oxygen atoms in total. The normalized spacial score (nSPS) is 37.9. The van der Waals surface area contributed by atoms with E-state index in [1.807, 2.05) is 0 Å². The molecule has 0 aliphatic heterocycles. The van der Waals surface area contributed by atoms with E-state index in [0.29, 0.717) is 0 Å². The highest BCUT2D eigenvalue weighted by Crippen LogP contribution is 2.56. The third-order valence-corrected chi connectivity index (χ3v) is 10.0. The van der Waals surface area contributed by atoms with Gasteiger partial charge in [0.2, 0.25) is 0 Å². The average molecular weight is 311 g/mol. The van der Waals surface area contributed by atoms with Crippen LogP contribution in [0, 0.1) is 17.8 Å². The van der Waals surface area contributed by atoms with Crippen molar-refractivity contribution in [1.82, 2.24) is 9.88 Å². The van der Waals surface area contributed by atoms with Crippen molar-refractivity contribution in [3.8, 4) is 0 Å². The van der Waals surface area contributed by atoms with Crippen molar-refractivity contribution < 1.29 is 0 Å². The van der Waals surface area contributed by atoms with E-state index in [4.69, 9.17) is 0 Å². The maximum Gasteiger partial charge on any atom is 0.123 e.